The molecule has 0 amide bonds. The average Bonchev–Trinajstić information content (AvgIpc) is 2.95. The highest BCUT2D eigenvalue weighted by Crippen LogP contribution is 2.24. The van der Waals surface area contributed by atoms with Crippen LogP contribution in [0.25, 0.3) is 10.2 Å². The first kappa shape index (κ1) is 13.6. The topological polar surface area (TPSA) is 66.1 Å². The number of aryl methyl sites for hydroxylation is 3. The van der Waals surface area contributed by atoms with Crippen molar-refractivity contribution in [1.82, 2.24) is 14.3 Å². The maximum atomic E-state index is 12.3. The third kappa shape index (κ3) is 2.15. The van der Waals surface area contributed by atoms with Crippen LogP contribution in [0.2, 0.25) is 0 Å². The molecule has 0 fully saturated rings. The predicted molar refractivity (Wildman–Crippen MR) is 80.0 cm³/mol. The first-order valence-corrected chi connectivity index (χ1v) is 7.10. The predicted octanol–water partition coefficient (Wildman–Crippen LogP) is 1.86. The van der Waals surface area contributed by atoms with Gasteiger partial charge in [-0.2, -0.15) is 5.10 Å². The van der Waals surface area contributed by atoms with Gasteiger partial charge < -0.3 is 9.30 Å². The Kier molecular flexibility index (Phi) is 3.13. The number of rotatable bonds is 2. The van der Waals surface area contributed by atoms with Gasteiger partial charge in [-0.1, -0.05) is 11.3 Å². The molecule has 0 aliphatic carbocycles. The first-order chi connectivity index (χ1) is 9.99. The number of aromatic nitrogens is 3. The molecule has 0 radical (unpaired) electrons. The van der Waals surface area contributed by atoms with Crippen molar-refractivity contribution in [3.05, 3.63) is 45.2 Å². The van der Waals surface area contributed by atoms with Crippen LogP contribution in [0.1, 0.15) is 15.9 Å². The number of hydrogen-bond donors (Lipinski definition) is 0. The van der Waals surface area contributed by atoms with Crippen molar-refractivity contribution in [2.24, 2.45) is 14.1 Å². The normalized spacial score (nSPS) is 11.0. The van der Waals surface area contributed by atoms with Gasteiger partial charge in [0, 0.05) is 20.2 Å². The average molecular weight is 303 g/mol. The molecule has 21 heavy (non-hydrogen) atoms. The summed E-state index contributed by atoms with van der Waals surface area (Å²) >= 11 is 1.16. The van der Waals surface area contributed by atoms with Gasteiger partial charge in [0.2, 0.25) is 5.88 Å². The van der Waals surface area contributed by atoms with Gasteiger partial charge in [-0.15, -0.1) is 0 Å². The monoisotopic (exact) mass is 303 g/mol. The second-order valence-electron chi connectivity index (χ2n) is 4.69. The molecule has 6 nitrogen and oxygen atoms in total. The number of carbonyl (C=O) groups excluding carboxylic acids is 1. The van der Waals surface area contributed by atoms with Crippen LogP contribution < -0.4 is 9.61 Å². The Balaban J connectivity index is 2.06. The van der Waals surface area contributed by atoms with Gasteiger partial charge in [-0.05, 0) is 24.6 Å². The van der Waals surface area contributed by atoms with Crippen LogP contribution in [0.3, 0.4) is 0 Å². The molecule has 0 unspecified atom stereocenters. The Morgan fingerprint density at radius 3 is 2.71 bits per heavy atom. The van der Waals surface area contributed by atoms with Crippen molar-refractivity contribution >= 4 is 27.5 Å². The summed E-state index contributed by atoms with van der Waals surface area (Å²) in [4.78, 5) is 24.0. The van der Waals surface area contributed by atoms with Crippen LogP contribution in [0.15, 0.2) is 29.2 Å². The molecule has 108 valence electrons. The maximum absolute atomic E-state index is 12.3. The zero-order valence-electron chi connectivity index (χ0n) is 11.8. The molecule has 0 aliphatic rings. The van der Waals surface area contributed by atoms with E-state index >= 15 is 0 Å². The summed E-state index contributed by atoms with van der Waals surface area (Å²) in [5, 5.41) is 3.95. The third-order valence-electron chi connectivity index (χ3n) is 3.39. The van der Waals surface area contributed by atoms with Crippen LogP contribution in [0.4, 0.5) is 0 Å². The summed E-state index contributed by atoms with van der Waals surface area (Å²) in [5.74, 6) is -0.0876. The standard InChI is InChI=1S/C14H13N3O3S/c1-8-9(13(18)20-11-6-7-15-17(11)3)4-5-10-12(8)16(2)14(19)21-10/h4-7H,1-3H3. The number of hydrogen-bond acceptors (Lipinski definition) is 5. The highest BCUT2D eigenvalue weighted by atomic mass is 32.1. The van der Waals surface area contributed by atoms with E-state index in [-0.39, 0.29) is 4.87 Å². The van der Waals surface area contributed by atoms with Gasteiger partial charge >= 0.3 is 10.8 Å². The molecule has 2 aromatic heterocycles. The minimum Gasteiger partial charge on any atom is -0.404 e. The molecule has 0 saturated heterocycles. The summed E-state index contributed by atoms with van der Waals surface area (Å²) in [6.45, 7) is 1.81. The molecule has 2 heterocycles. The van der Waals surface area contributed by atoms with Crippen molar-refractivity contribution in [1.29, 1.82) is 0 Å². The van der Waals surface area contributed by atoms with Gasteiger partial charge in [0.25, 0.3) is 0 Å². The second kappa shape index (κ2) is 4.85. The minimum absolute atomic E-state index is 0.0507. The van der Waals surface area contributed by atoms with E-state index in [1.165, 1.54) is 4.68 Å². The quantitative estimate of drug-likeness (QED) is 0.678. The number of thiazole rings is 1. The number of ether oxygens (including phenoxy) is 1. The van der Waals surface area contributed by atoms with Gasteiger partial charge in [0.15, 0.2) is 0 Å². The second-order valence-corrected chi connectivity index (χ2v) is 5.69. The van der Waals surface area contributed by atoms with Gasteiger partial charge in [0.05, 0.1) is 22.0 Å². The van der Waals surface area contributed by atoms with Crippen molar-refractivity contribution in [3.63, 3.8) is 0 Å². The Morgan fingerprint density at radius 2 is 2.05 bits per heavy atom. The van der Waals surface area contributed by atoms with Crippen LogP contribution in [0.5, 0.6) is 5.88 Å². The van der Waals surface area contributed by atoms with Crippen molar-refractivity contribution in [2.45, 2.75) is 6.92 Å². The Hall–Kier alpha value is -2.41. The van der Waals surface area contributed by atoms with Crippen LogP contribution >= 0.6 is 11.3 Å². The summed E-state index contributed by atoms with van der Waals surface area (Å²) < 4.78 is 9.21. The minimum atomic E-state index is -0.461. The van der Waals surface area contributed by atoms with Crippen LogP contribution in [0, 0.1) is 6.92 Å². The fourth-order valence-electron chi connectivity index (χ4n) is 2.26. The number of benzene rings is 1. The van der Waals surface area contributed by atoms with Crippen LogP contribution in [-0.4, -0.2) is 20.3 Å². The summed E-state index contributed by atoms with van der Waals surface area (Å²) in [6.07, 6.45) is 1.56. The molecule has 0 N–H and O–H groups in total. The van der Waals surface area contributed by atoms with E-state index in [0.717, 1.165) is 27.1 Å². The van der Waals surface area contributed by atoms with Crippen LogP contribution in [-0.2, 0) is 14.1 Å². The lowest BCUT2D eigenvalue weighted by molar-refractivity contribution is 0.0719. The van der Waals surface area contributed by atoms with E-state index < -0.39 is 5.97 Å². The maximum Gasteiger partial charge on any atom is 0.345 e. The highest BCUT2D eigenvalue weighted by Gasteiger charge is 2.17. The van der Waals surface area contributed by atoms with Gasteiger partial charge in [0.1, 0.15) is 0 Å². The van der Waals surface area contributed by atoms with Crippen molar-refractivity contribution in [3.8, 4) is 5.88 Å². The zero-order valence-corrected chi connectivity index (χ0v) is 12.6. The van der Waals surface area contributed by atoms with E-state index in [2.05, 4.69) is 5.10 Å². The molecule has 7 heteroatoms. The summed E-state index contributed by atoms with van der Waals surface area (Å²) in [6, 6.07) is 5.08. The molecule has 1 aromatic carbocycles. The fraction of sp³-hybridized carbons (Fsp3) is 0.214. The zero-order chi connectivity index (χ0) is 15.1. The van der Waals surface area contributed by atoms with Crippen molar-refractivity contribution < 1.29 is 9.53 Å². The van der Waals surface area contributed by atoms with Gasteiger partial charge in [-0.3, -0.25) is 4.79 Å². The molecule has 3 rings (SSSR count). The third-order valence-corrected chi connectivity index (χ3v) is 4.39. The number of carbonyl (C=O) groups is 1. The molecule has 3 aromatic rings. The Morgan fingerprint density at radius 1 is 1.29 bits per heavy atom. The molecule has 0 bridgehead atoms. The summed E-state index contributed by atoms with van der Waals surface area (Å²) in [7, 11) is 3.39. The van der Waals surface area contributed by atoms with Crippen molar-refractivity contribution in [2.75, 3.05) is 0 Å². The summed E-state index contributed by atoms with van der Waals surface area (Å²) in [5.41, 5.74) is 1.95. The number of fused-ring (bicyclic) bond motifs is 1. The highest BCUT2D eigenvalue weighted by molar-refractivity contribution is 7.16. The number of nitrogens with zero attached hydrogens (tertiary/aromatic N) is 3. The molecular weight excluding hydrogens is 290 g/mol. The fourth-order valence-corrected chi connectivity index (χ4v) is 3.20. The molecule has 0 spiro atoms. The van der Waals surface area contributed by atoms with E-state index in [9.17, 15) is 9.59 Å². The van der Waals surface area contributed by atoms with E-state index in [1.54, 1.807) is 43.1 Å². The van der Waals surface area contributed by atoms with E-state index in [0.29, 0.717) is 11.4 Å². The smallest absolute Gasteiger partial charge is 0.345 e. The lowest BCUT2D eigenvalue weighted by Gasteiger charge is -2.08. The lowest BCUT2D eigenvalue weighted by atomic mass is 10.1. The molecule has 0 saturated carbocycles. The SMILES string of the molecule is Cc1c(C(=O)Oc2ccnn2C)ccc2sc(=O)n(C)c12. The van der Waals surface area contributed by atoms with Gasteiger partial charge in [-0.25, -0.2) is 9.48 Å². The molecule has 0 aliphatic heterocycles. The molecule has 0 atom stereocenters. The Labute approximate surface area is 124 Å². The first-order valence-electron chi connectivity index (χ1n) is 6.28. The van der Waals surface area contributed by atoms with E-state index in [4.69, 9.17) is 4.74 Å². The number of esters is 1. The lowest BCUT2D eigenvalue weighted by Crippen LogP contribution is -2.14. The van der Waals surface area contributed by atoms with E-state index in [1.807, 2.05) is 6.92 Å². The Bertz CT molecular complexity index is 904. The largest absolute Gasteiger partial charge is 0.404 e. The molecular formula is C14H13N3O3S.